The van der Waals surface area contributed by atoms with Gasteiger partial charge in [-0.3, -0.25) is 0 Å². The molecular formula is C10H16. The third-order valence-electron chi connectivity index (χ3n) is 2.33. The molecule has 1 unspecified atom stereocenters. The highest BCUT2D eigenvalue weighted by Crippen LogP contribution is 2.24. The first kappa shape index (κ1) is 7.59. The zero-order valence-electron chi connectivity index (χ0n) is 7.09. The minimum Gasteiger partial charge on any atom is -0.0805 e. The Morgan fingerprint density at radius 3 is 2.40 bits per heavy atom. The van der Waals surface area contributed by atoms with E-state index in [1.165, 1.54) is 5.57 Å². The van der Waals surface area contributed by atoms with Crippen molar-refractivity contribution in [2.45, 2.75) is 27.2 Å². The fraction of sp³-hybridized carbons (Fsp3) is 0.600. The summed E-state index contributed by atoms with van der Waals surface area (Å²) in [6.45, 7) is 6.85. The van der Waals surface area contributed by atoms with Gasteiger partial charge in [0.05, 0.1) is 0 Å². The molecule has 0 saturated heterocycles. The lowest BCUT2D eigenvalue weighted by Crippen LogP contribution is -2.04. The van der Waals surface area contributed by atoms with Crippen molar-refractivity contribution in [3.8, 4) is 0 Å². The molecule has 1 rings (SSSR count). The van der Waals surface area contributed by atoms with Crippen LogP contribution in [0.3, 0.4) is 0 Å². The third kappa shape index (κ3) is 1.50. The molecular weight excluding hydrogens is 120 g/mol. The molecule has 0 aromatic carbocycles. The van der Waals surface area contributed by atoms with Crippen LogP contribution in [0.4, 0.5) is 0 Å². The minimum absolute atomic E-state index is 0.735. The monoisotopic (exact) mass is 136 g/mol. The van der Waals surface area contributed by atoms with Crippen LogP contribution in [0, 0.1) is 11.8 Å². The molecule has 56 valence electrons. The molecule has 1 aliphatic carbocycles. The Labute approximate surface area is 63.6 Å². The summed E-state index contributed by atoms with van der Waals surface area (Å²) >= 11 is 0. The van der Waals surface area contributed by atoms with Crippen LogP contribution in [-0.4, -0.2) is 0 Å². The van der Waals surface area contributed by atoms with Gasteiger partial charge < -0.3 is 0 Å². The molecule has 0 amide bonds. The standard InChI is InChI=1S/C10H16/c1-8(2)9(3)10-6-4-5-7-10/h4,6-9H,5H2,1-3H3. The van der Waals surface area contributed by atoms with Gasteiger partial charge in [0.15, 0.2) is 0 Å². The lowest BCUT2D eigenvalue weighted by atomic mass is 9.91. The van der Waals surface area contributed by atoms with E-state index in [0.717, 1.165) is 18.3 Å². The fourth-order valence-electron chi connectivity index (χ4n) is 1.20. The molecule has 0 bridgehead atoms. The molecule has 0 N–H and O–H groups in total. The van der Waals surface area contributed by atoms with Crippen molar-refractivity contribution in [2.24, 2.45) is 11.8 Å². The van der Waals surface area contributed by atoms with Gasteiger partial charge in [-0.1, -0.05) is 39.0 Å². The summed E-state index contributed by atoms with van der Waals surface area (Å²) in [4.78, 5) is 0. The maximum atomic E-state index is 2.32. The maximum Gasteiger partial charge on any atom is -0.0160 e. The second kappa shape index (κ2) is 3.05. The molecule has 1 atom stereocenters. The zero-order valence-corrected chi connectivity index (χ0v) is 7.09. The number of hydrogen-bond donors (Lipinski definition) is 0. The molecule has 0 nitrogen and oxygen atoms in total. The smallest absolute Gasteiger partial charge is 0.0160 e. The summed E-state index contributed by atoms with van der Waals surface area (Å²) in [6.07, 6.45) is 7.95. The van der Waals surface area contributed by atoms with E-state index in [9.17, 15) is 0 Å². The molecule has 0 spiro atoms. The van der Waals surface area contributed by atoms with Crippen molar-refractivity contribution in [3.05, 3.63) is 23.8 Å². The molecule has 0 saturated carbocycles. The Kier molecular flexibility index (Phi) is 2.31. The van der Waals surface area contributed by atoms with Crippen LogP contribution >= 0.6 is 0 Å². The van der Waals surface area contributed by atoms with Gasteiger partial charge in [-0.05, 0) is 23.8 Å². The van der Waals surface area contributed by atoms with Crippen molar-refractivity contribution < 1.29 is 0 Å². The molecule has 0 aliphatic heterocycles. The Morgan fingerprint density at radius 1 is 1.30 bits per heavy atom. The first-order valence-corrected chi connectivity index (χ1v) is 4.08. The quantitative estimate of drug-likeness (QED) is 0.547. The Morgan fingerprint density at radius 2 is 2.00 bits per heavy atom. The third-order valence-corrected chi connectivity index (χ3v) is 2.33. The number of allylic oxidation sites excluding steroid dienone is 4. The number of hydrogen-bond acceptors (Lipinski definition) is 0. The lowest BCUT2D eigenvalue weighted by molar-refractivity contribution is 0.488. The molecule has 0 heterocycles. The minimum atomic E-state index is 0.735. The van der Waals surface area contributed by atoms with E-state index < -0.39 is 0 Å². The van der Waals surface area contributed by atoms with E-state index in [2.05, 4.69) is 39.0 Å². The van der Waals surface area contributed by atoms with E-state index in [1.54, 1.807) is 0 Å². The molecule has 0 aromatic heterocycles. The zero-order chi connectivity index (χ0) is 7.56. The van der Waals surface area contributed by atoms with Gasteiger partial charge in [0.25, 0.3) is 0 Å². The van der Waals surface area contributed by atoms with Crippen LogP contribution in [0.25, 0.3) is 0 Å². The highest BCUT2D eigenvalue weighted by Gasteiger charge is 2.11. The molecule has 0 aromatic rings. The second-order valence-electron chi connectivity index (χ2n) is 3.37. The van der Waals surface area contributed by atoms with Crippen LogP contribution in [-0.2, 0) is 0 Å². The van der Waals surface area contributed by atoms with Crippen LogP contribution in [0.5, 0.6) is 0 Å². The average molecular weight is 136 g/mol. The van der Waals surface area contributed by atoms with Gasteiger partial charge in [-0.15, -0.1) is 0 Å². The van der Waals surface area contributed by atoms with Gasteiger partial charge in [0, 0.05) is 0 Å². The highest BCUT2D eigenvalue weighted by atomic mass is 14.2. The van der Waals surface area contributed by atoms with Crippen molar-refractivity contribution in [1.29, 1.82) is 0 Å². The summed E-state index contributed by atoms with van der Waals surface area (Å²) in [6, 6.07) is 0. The van der Waals surface area contributed by atoms with Crippen molar-refractivity contribution in [1.82, 2.24) is 0 Å². The van der Waals surface area contributed by atoms with E-state index >= 15 is 0 Å². The Bertz CT molecular complexity index is 161. The Hall–Kier alpha value is -0.520. The SMILES string of the molecule is CC(C)C(C)C1=CCC=C1. The molecule has 0 radical (unpaired) electrons. The van der Waals surface area contributed by atoms with Crippen LogP contribution in [0.2, 0.25) is 0 Å². The lowest BCUT2D eigenvalue weighted by Gasteiger charge is -2.14. The summed E-state index contributed by atoms with van der Waals surface area (Å²) < 4.78 is 0. The Balaban J connectivity index is 2.56. The van der Waals surface area contributed by atoms with Crippen LogP contribution < -0.4 is 0 Å². The summed E-state index contributed by atoms with van der Waals surface area (Å²) in [7, 11) is 0. The van der Waals surface area contributed by atoms with Crippen LogP contribution in [0.15, 0.2) is 23.8 Å². The van der Waals surface area contributed by atoms with Gasteiger partial charge in [0.1, 0.15) is 0 Å². The summed E-state index contributed by atoms with van der Waals surface area (Å²) in [5, 5.41) is 0. The maximum absolute atomic E-state index is 2.32. The summed E-state index contributed by atoms with van der Waals surface area (Å²) in [5.74, 6) is 1.51. The largest absolute Gasteiger partial charge is 0.0805 e. The van der Waals surface area contributed by atoms with E-state index in [1.807, 2.05) is 0 Å². The molecule has 1 aliphatic rings. The van der Waals surface area contributed by atoms with Gasteiger partial charge in [-0.2, -0.15) is 0 Å². The van der Waals surface area contributed by atoms with Crippen LogP contribution in [0.1, 0.15) is 27.2 Å². The van der Waals surface area contributed by atoms with Gasteiger partial charge >= 0.3 is 0 Å². The topological polar surface area (TPSA) is 0 Å². The predicted molar refractivity (Wildman–Crippen MR) is 45.8 cm³/mol. The van der Waals surface area contributed by atoms with E-state index in [4.69, 9.17) is 0 Å². The normalized spacial score (nSPS) is 19.8. The summed E-state index contributed by atoms with van der Waals surface area (Å²) in [5.41, 5.74) is 1.52. The van der Waals surface area contributed by atoms with Crippen molar-refractivity contribution in [3.63, 3.8) is 0 Å². The van der Waals surface area contributed by atoms with Gasteiger partial charge in [0.2, 0.25) is 0 Å². The predicted octanol–water partition coefficient (Wildman–Crippen LogP) is 3.16. The first-order chi connectivity index (χ1) is 4.72. The fourth-order valence-corrected chi connectivity index (χ4v) is 1.20. The number of rotatable bonds is 2. The van der Waals surface area contributed by atoms with Crippen molar-refractivity contribution in [2.75, 3.05) is 0 Å². The second-order valence-corrected chi connectivity index (χ2v) is 3.37. The van der Waals surface area contributed by atoms with Gasteiger partial charge in [-0.25, -0.2) is 0 Å². The average Bonchev–Trinajstić information content (AvgIpc) is 2.36. The van der Waals surface area contributed by atoms with E-state index in [-0.39, 0.29) is 0 Å². The molecule has 0 fully saturated rings. The first-order valence-electron chi connectivity index (χ1n) is 4.08. The van der Waals surface area contributed by atoms with Crippen molar-refractivity contribution >= 4 is 0 Å². The highest BCUT2D eigenvalue weighted by molar-refractivity contribution is 5.28. The molecule has 10 heavy (non-hydrogen) atoms. The van der Waals surface area contributed by atoms with E-state index in [0.29, 0.717) is 0 Å². The molecule has 0 heteroatoms.